The first-order valence-electron chi connectivity index (χ1n) is 13.4. The zero-order chi connectivity index (χ0) is 26.0. The van der Waals surface area contributed by atoms with E-state index in [0.717, 1.165) is 12.8 Å². The van der Waals surface area contributed by atoms with E-state index in [9.17, 15) is 29.7 Å². The summed E-state index contributed by atoms with van der Waals surface area (Å²) in [5.74, 6) is -3.33. The second kappa shape index (κ2) is 18.4. The fraction of sp³-hybridized carbons (Fsp3) is 0.815. The average molecular weight is 485 g/mol. The van der Waals surface area contributed by atoms with Crippen molar-refractivity contribution in [3.05, 3.63) is 12.2 Å². The van der Waals surface area contributed by atoms with Crippen molar-refractivity contribution in [3.63, 3.8) is 0 Å². The Balaban J connectivity index is 5.98. The van der Waals surface area contributed by atoms with Crippen molar-refractivity contribution in [1.29, 1.82) is 0 Å². The summed E-state index contributed by atoms with van der Waals surface area (Å²) in [6.07, 6.45) is 15.1. The third-order valence-electron chi connectivity index (χ3n) is 6.86. The summed E-state index contributed by atoms with van der Waals surface area (Å²) in [6.45, 7) is 7.96. The molecule has 198 valence electrons. The van der Waals surface area contributed by atoms with Gasteiger partial charge in [-0.15, -0.1) is 0 Å². The van der Waals surface area contributed by atoms with Gasteiger partial charge >= 0.3 is 17.9 Å². The fourth-order valence-corrected chi connectivity index (χ4v) is 5.22. The standard InChI is InChI=1S/C27H49NO6/c1-5-9-10-11-12-13-14-15-16-17-21-28(22(18-6-2)25(29)30,23(19-7-3)26(31)32)24(20-8-4)27(33)34/h15-16,22-24H,5-14,17-21H2,1-4H3,(H2-,29,30,31,32,33,34)/p+1/b16-15-. The first kappa shape index (κ1) is 32.1. The summed E-state index contributed by atoms with van der Waals surface area (Å²) in [5, 5.41) is 30.5. The number of allylic oxidation sites excluding steroid dienone is 1. The molecule has 0 fully saturated rings. The summed E-state index contributed by atoms with van der Waals surface area (Å²) in [6, 6.07) is -3.22. The SMILES string of the molecule is CCCCCCCC/C=C\CC[N+](C(CCC)C(=O)O)(C(CCC)C(=O)O)C(CCC)C(=O)O. The Morgan fingerprint density at radius 2 is 0.971 bits per heavy atom. The van der Waals surface area contributed by atoms with Gasteiger partial charge in [-0.2, -0.15) is 0 Å². The number of nitrogens with zero attached hydrogens (tertiary/aromatic N) is 1. The van der Waals surface area contributed by atoms with Crippen molar-refractivity contribution in [3.8, 4) is 0 Å². The van der Waals surface area contributed by atoms with Crippen molar-refractivity contribution in [1.82, 2.24) is 0 Å². The van der Waals surface area contributed by atoms with Crippen LogP contribution in [0, 0.1) is 0 Å². The molecule has 7 nitrogen and oxygen atoms in total. The van der Waals surface area contributed by atoms with Gasteiger partial charge in [0.05, 0.1) is 6.54 Å². The molecule has 0 bridgehead atoms. The third-order valence-corrected chi connectivity index (χ3v) is 6.86. The van der Waals surface area contributed by atoms with Gasteiger partial charge in [-0.05, 0) is 32.1 Å². The molecule has 0 aromatic heterocycles. The molecule has 0 aliphatic rings. The zero-order valence-electron chi connectivity index (χ0n) is 22.0. The van der Waals surface area contributed by atoms with Crippen LogP contribution in [-0.4, -0.2) is 62.4 Å². The van der Waals surface area contributed by atoms with Gasteiger partial charge in [0.15, 0.2) is 18.1 Å². The highest BCUT2D eigenvalue weighted by Gasteiger charge is 2.56. The molecule has 0 saturated heterocycles. The molecule has 34 heavy (non-hydrogen) atoms. The number of aliphatic carboxylic acids is 3. The largest absolute Gasteiger partial charge is 0.477 e. The lowest BCUT2D eigenvalue weighted by Gasteiger charge is -2.50. The summed E-state index contributed by atoms with van der Waals surface area (Å²) in [5.41, 5.74) is 0. The van der Waals surface area contributed by atoms with E-state index in [1.165, 1.54) is 32.1 Å². The Labute approximate surface area is 206 Å². The van der Waals surface area contributed by atoms with Crippen LogP contribution in [0.15, 0.2) is 12.2 Å². The van der Waals surface area contributed by atoms with E-state index in [1.54, 1.807) is 0 Å². The van der Waals surface area contributed by atoms with Crippen LogP contribution in [0.2, 0.25) is 0 Å². The number of hydrogen-bond donors (Lipinski definition) is 3. The van der Waals surface area contributed by atoms with E-state index in [4.69, 9.17) is 0 Å². The molecule has 0 rings (SSSR count). The van der Waals surface area contributed by atoms with Gasteiger partial charge in [-0.1, -0.05) is 72.0 Å². The van der Waals surface area contributed by atoms with E-state index in [0.29, 0.717) is 25.7 Å². The van der Waals surface area contributed by atoms with Crippen LogP contribution < -0.4 is 0 Å². The molecule has 7 heteroatoms. The molecule has 0 heterocycles. The molecule has 3 N–H and O–H groups in total. The molecule has 0 spiro atoms. The topological polar surface area (TPSA) is 112 Å². The van der Waals surface area contributed by atoms with Gasteiger partial charge in [0.25, 0.3) is 0 Å². The van der Waals surface area contributed by atoms with Gasteiger partial charge in [0, 0.05) is 25.7 Å². The molecular weight excluding hydrogens is 434 g/mol. The average Bonchev–Trinajstić information content (AvgIpc) is 2.78. The number of rotatable bonds is 22. The van der Waals surface area contributed by atoms with Crippen molar-refractivity contribution >= 4 is 17.9 Å². The molecule has 3 unspecified atom stereocenters. The normalized spacial score (nSPS) is 16.1. The van der Waals surface area contributed by atoms with Crippen LogP contribution >= 0.6 is 0 Å². The van der Waals surface area contributed by atoms with Crippen LogP contribution in [0.5, 0.6) is 0 Å². The Bertz CT molecular complexity index is 558. The maximum absolute atomic E-state index is 12.5. The quantitative estimate of drug-likeness (QED) is 0.0950. The monoisotopic (exact) mass is 484 g/mol. The summed E-state index contributed by atoms with van der Waals surface area (Å²) < 4.78 is -0.420. The second-order valence-corrected chi connectivity index (χ2v) is 9.46. The number of quaternary nitrogens is 1. The second-order valence-electron chi connectivity index (χ2n) is 9.46. The molecule has 0 aliphatic heterocycles. The Kier molecular flexibility index (Phi) is 17.4. The van der Waals surface area contributed by atoms with Crippen LogP contribution in [0.25, 0.3) is 0 Å². The van der Waals surface area contributed by atoms with E-state index in [1.807, 2.05) is 26.8 Å². The molecule has 3 atom stereocenters. The van der Waals surface area contributed by atoms with E-state index in [-0.39, 0.29) is 25.8 Å². The van der Waals surface area contributed by atoms with E-state index < -0.39 is 40.5 Å². The van der Waals surface area contributed by atoms with Crippen molar-refractivity contribution < 1.29 is 34.2 Å². The minimum absolute atomic E-state index is 0.192. The molecule has 0 aliphatic carbocycles. The van der Waals surface area contributed by atoms with Gasteiger partial charge in [0.1, 0.15) is 0 Å². The van der Waals surface area contributed by atoms with Crippen LogP contribution in [0.4, 0.5) is 0 Å². The zero-order valence-corrected chi connectivity index (χ0v) is 22.0. The Morgan fingerprint density at radius 1 is 0.588 bits per heavy atom. The number of carbonyl (C=O) groups is 3. The van der Waals surface area contributed by atoms with Gasteiger partial charge < -0.3 is 15.3 Å². The van der Waals surface area contributed by atoms with Crippen molar-refractivity contribution in [2.24, 2.45) is 0 Å². The Morgan fingerprint density at radius 3 is 1.35 bits per heavy atom. The predicted octanol–water partition coefficient (Wildman–Crippen LogP) is 6.26. The van der Waals surface area contributed by atoms with Crippen LogP contribution in [0.1, 0.15) is 118 Å². The molecule has 0 amide bonds. The summed E-state index contributed by atoms with van der Waals surface area (Å²) in [4.78, 5) is 37.4. The van der Waals surface area contributed by atoms with Gasteiger partial charge in [-0.3, -0.25) is 4.48 Å². The Hall–Kier alpha value is -1.89. The highest BCUT2D eigenvalue weighted by molar-refractivity contribution is 5.78. The lowest BCUT2D eigenvalue weighted by molar-refractivity contribution is -0.973. The van der Waals surface area contributed by atoms with E-state index in [2.05, 4.69) is 13.0 Å². The minimum atomic E-state index is -1.11. The summed E-state index contributed by atoms with van der Waals surface area (Å²) in [7, 11) is 0. The first-order valence-corrected chi connectivity index (χ1v) is 13.4. The van der Waals surface area contributed by atoms with Crippen LogP contribution in [-0.2, 0) is 14.4 Å². The highest BCUT2D eigenvalue weighted by Crippen LogP contribution is 2.34. The number of carboxylic acids is 3. The number of hydrogen-bond acceptors (Lipinski definition) is 3. The van der Waals surface area contributed by atoms with Crippen molar-refractivity contribution in [2.45, 2.75) is 136 Å². The van der Waals surface area contributed by atoms with E-state index >= 15 is 0 Å². The third kappa shape index (κ3) is 10.2. The molecule has 0 aromatic rings. The first-order chi connectivity index (χ1) is 16.2. The minimum Gasteiger partial charge on any atom is -0.477 e. The molecule has 0 radical (unpaired) electrons. The summed E-state index contributed by atoms with van der Waals surface area (Å²) >= 11 is 0. The fourth-order valence-electron chi connectivity index (χ4n) is 5.22. The maximum Gasteiger partial charge on any atom is 0.362 e. The molecule has 0 aromatic carbocycles. The van der Waals surface area contributed by atoms with Crippen LogP contribution in [0.3, 0.4) is 0 Å². The lowest BCUT2D eigenvalue weighted by atomic mass is 9.91. The smallest absolute Gasteiger partial charge is 0.362 e. The number of carboxylic acid groups (broad SMARTS) is 3. The molecular formula is C27H50NO6+. The maximum atomic E-state index is 12.5. The number of unbranched alkanes of at least 4 members (excludes halogenated alkanes) is 6. The molecule has 0 saturated carbocycles. The van der Waals surface area contributed by atoms with Crippen molar-refractivity contribution in [2.75, 3.05) is 6.54 Å². The van der Waals surface area contributed by atoms with Gasteiger partial charge in [-0.25, -0.2) is 14.4 Å². The highest BCUT2D eigenvalue weighted by atomic mass is 16.4. The van der Waals surface area contributed by atoms with Gasteiger partial charge in [0.2, 0.25) is 0 Å². The lowest BCUT2D eigenvalue weighted by Crippen LogP contribution is -2.72. The predicted molar refractivity (Wildman–Crippen MR) is 136 cm³/mol.